The first-order valence-corrected chi connectivity index (χ1v) is 5.34. The van der Waals surface area contributed by atoms with Gasteiger partial charge < -0.3 is 10.0 Å². The summed E-state index contributed by atoms with van der Waals surface area (Å²) < 4.78 is 26.1. The summed E-state index contributed by atoms with van der Waals surface area (Å²) in [5.41, 5.74) is 2.41. The van der Waals surface area contributed by atoms with Gasteiger partial charge in [0.15, 0.2) is 0 Å². The topological polar surface area (TPSA) is 40.5 Å². The van der Waals surface area contributed by atoms with Crippen LogP contribution in [-0.2, 0) is 17.6 Å². The number of carboxylic acids is 1. The van der Waals surface area contributed by atoms with Gasteiger partial charge in [-0.05, 0) is 23.6 Å². The predicted molar refractivity (Wildman–Crippen MR) is 59.7 cm³/mol. The Morgan fingerprint density at radius 2 is 2.24 bits per heavy atom. The minimum absolute atomic E-state index is 0.367. The molecule has 0 saturated carbocycles. The molecule has 1 aromatic rings. The Kier molecular flexibility index (Phi) is 2.77. The molecule has 3 nitrogen and oxygen atoms in total. The molecule has 0 unspecified atom stereocenters. The number of alkyl halides is 2. The molecular formula is C12H13F2NO2. The van der Waals surface area contributed by atoms with E-state index in [-0.39, 0.29) is 0 Å². The van der Waals surface area contributed by atoms with Crippen molar-refractivity contribution in [2.75, 3.05) is 18.5 Å². The molecule has 2 rings (SSSR count). The van der Waals surface area contributed by atoms with E-state index >= 15 is 0 Å². The Morgan fingerprint density at radius 3 is 2.88 bits per heavy atom. The summed E-state index contributed by atoms with van der Waals surface area (Å²) in [5.74, 6) is -5.77. The number of fused-ring (bicyclic) bond motifs is 1. The van der Waals surface area contributed by atoms with Crippen LogP contribution in [0.3, 0.4) is 0 Å². The molecule has 0 bridgehead atoms. The molecule has 0 atom stereocenters. The zero-order chi connectivity index (χ0) is 12.6. The van der Waals surface area contributed by atoms with Crippen LogP contribution in [0.5, 0.6) is 0 Å². The molecule has 0 spiro atoms. The van der Waals surface area contributed by atoms with Crippen molar-refractivity contribution in [3.63, 3.8) is 0 Å². The number of carboxylic acid groups (broad SMARTS) is 1. The molecule has 0 radical (unpaired) electrons. The van der Waals surface area contributed by atoms with Gasteiger partial charge in [-0.2, -0.15) is 8.78 Å². The molecule has 17 heavy (non-hydrogen) atoms. The van der Waals surface area contributed by atoms with Crippen molar-refractivity contribution < 1.29 is 18.7 Å². The summed E-state index contributed by atoms with van der Waals surface area (Å²) in [6.07, 6.45) is 0.0671. The van der Waals surface area contributed by atoms with Crippen molar-refractivity contribution in [1.82, 2.24) is 0 Å². The zero-order valence-electron chi connectivity index (χ0n) is 9.41. The molecular weight excluding hydrogens is 228 g/mol. The molecule has 0 amide bonds. The van der Waals surface area contributed by atoms with Crippen LogP contribution in [0, 0.1) is 0 Å². The average molecular weight is 241 g/mol. The number of carbonyl (C=O) groups is 1. The maximum absolute atomic E-state index is 13.1. The van der Waals surface area contributed by atoms with E-state index in [2.05, 4.69) is 4.90 Å². The molecule has 1 N–H and O–H groups in total. The van der Waals surface area contributed by atoms with Crippen LogP contribution >= 0.6 is 0 Å². The number of rotatable bonds is 3. The van der Waals surface area contributed by atoms with Crippen LogP contribution < -0.4 is 4.90 Å². The third-order valence-electron chi connectivity index (χ3n) is 3.01. The maximum atomic E-state index is 13.1. The molecule has 0 fully saturated rings. The first kappa shape index (κ1) is 11.8. The van der Waals surface area contributed by atoms with Crippen LogP contribution in [0.25, 0.3) is 0 Å². The third kappa shape index (κ3) is 2.23. The Bertz CT molecular complexity index is 460. The molecule has 1 aliphatic heterocycles. The number of nitrogens with zero attached hydrogens (tertiary/aromatic N) is 1. The van der Waals surface area contributed by atoms with Crippen LogP contribution in [0.1, 0.15) is 11.1 Å². The van der Waals surface area contributed by atoms with Crippen LogP contribution in [-0.4, -0.2) is 30.6 Å². The molecule has 1 aliphatic rings. The van der Waals surface area contributed by atoms with Crippen LogP contribution in [0.4, 0.5) is 14.5 Å². The fourth-order valence-corrected chi connectivity index (χ4v) is 2.06. The number of aliphatic carboxylic acids is 1. The Balaban J connectivity index is 2.22. The van der Waals surface area contributed by atoms with E-state index in [0.717, 1.165) is 24.2 Å². The maximum Gasteiger partial charge on any atom is 0.374 e. The number of likely N-dealkylation sites (N-methyl/N-ethyl adjacent to an activating group) is 1. The summed E-state index contributed by atoms with van der Waals surface area (Å²) in [4.78, 5) is 12.4. The van der Waals surface area contributed by atoms with E-state index in [1.54, 1.807) is 18.2 Å². The van der Waals surface area contributed by atoms with E-state index in [1.807, 2.05) is 7.05 Å². The number of anilines is 1. The second-order valence-corrected chi connectivity index (χ2v) is 4.32. The largest absolute Gasteiger partial charge is 0.477 e. The fourth-order valence-electron chi connectivity index (χ4n) is 2.06. The quantitative estimate of drug-likeness (QED) is 0.879. The minimum Gasteiger partial charge on any atom is -0.477 e. The van der Waals surface area contributed by atoms with E-state index in [1.165, 1.54) is 0 Å². The zero-order valence-corrected chi connectivity index (χ0v) is 9.41. The summed E-state index contributed by atoms with van der Waals surface area (Å²) in [7, 11) is 1.94. The van der Waals surface area contributed by atoms with E-state index < -0.39 is 18.3 Å². The average Bonchev–Trinajstić information content (AvgIpc) is 2.59. The second kappa shape index (κ2) is 3.98. The summed E-state index contributed by atoms with van der Waals surface area (Å²) in [6, 6.07) is 5.02. The monoisotopic (exact) mass is 241 g/mol. The van der Waals surface area contributed by atoms with Gasteiger partial charge in [0.25, 0.3) is 0 Å². The van der Waals surface area contributed by atoms with Crippen molar-refractivity contribution in [3.8, 4) is 0 Å². The van der Waals surface area contributed by atoms with Crippen molar-refractivity contribution in [2.45, 2.75) is 18.8 Å². The normalized spacial score (nSPS) is 14.9. The predicted octanol–water partition coefficient (Wildman–Crippen LogP) is 1.94. The van der Waals surface area contributed by atoms with Gasteiger partial charge >= 0.3 is 11.9 Å². The minimum atomic E-state index is -3.70. The van der Waals surface area contributed by atoms with E-state index in [4.69, 9.17) is 5.11 Å². The van der Waals surface area contributed by atoms with Gasteiger partial charge in [-0.25, -0.2) is 4.79 Å². The fraction of sp³-hybridized carbons (Fsp3) is 0.417. The van der Waals surface area contributed by atoms with Crippen molar-refractivity contribution in [3.05, 3.63) is 29.3 Å². The van der Waals surface area contributed by atoms with Gasteiger partial charge in [0.05, 0.1) is 0 Å². The van der Waals surface area contributed by atoms with Gasteiger partial charge in [0.2, 0.25) is 0 Å². The lowest BCUT2D eigenvalue weighted by molar-refractivity contribution is -0.164. The lowest BCUT2D eigenvalue weighted by Gasteiger charge is -2.14. The Labute approximate surface area is 97.7 Å². The standard InChI is InChI=1S/C12H13F2NO2/c1-15-5-4-9-6-8(2-3-10(9)15)7-12(13,14)11(16)17/h2-3,6H,4-5,7H2,1H3,(H,16,17). The highest BCUT2D eigenvalue weighted by atomic mass is 19.3. The first-order valence-electron chi connectivity index (χ1n) is 5.34. The second-order valence-electron chi connectivity index (χ2n) is 4.32. The van der Waals surface area contributed by atoms with Crippen molar-refractivity contribution in [2.24, 2.45) is 0 Å². The highest BCUT2D eigenvalue weighted by molar-refractivity contribution is 5.75. The van der Waals surface area contributed by atoms with Crippen LogP contribution in [0.2, 0.25) is 0 Å². The highest BCUT2D eigenvalue weighted by Gasteiger charge is 2.38. The summed E-state index contributed by atoms with van der Waals surface area (Å²) >= 11 is 0. The molecule has 1 aromatic carbocycles. The molecule has 92 valence electrons. The van der Waals surface area contributed by atoms with E-state index in [9.17, 15) is 13.6 Å². The molecule has 0 saturated heterocycles. The van der Waals surface area contributed by atoms with Gasteiger partial charge in [0.1, 0.15) is 0 Å². The van der Waals surface area contributed by atoms with Crippen molar-refractivity contribution in [1.29, 1.82) is 0 Å². The van der Waals surface area contributed by atoms with Gasteiger partial charge in [-0.1, -0.05) is 12.1 Å². The SMILES string of the molecule is CN1CCc2cc(CC(F)(F)C(=O)O)ccc21. The van der Waals surface area contributed by atoms with Gasteiger partial charge in [0, 0.05) is 25.7 Å². The van der Waals surface area contributed by atoms with Crippen LogP contribution in [0.15, 0.2) is 18.2 Å². The molecule has 0 aliphatic carbocycles. The van der Waals surface area contributed by atoms with Gasteiger partial charge in [-0.15, -0.1) is 0 Å². The Hall–Kier alpha value is -1.65. The molecule has 1 heterocycles. The number of hydrogen-bond acceptors (Lipinski definition) is 2. The first-order chi connectivity index (χ1) is 7.90. The number of hydrogen-bond donors (Lipinski definition) is 1. The summed E-state index contributed by atoms with van der Waals surface area (Å²) in [5, 5.41) is 8.38. The third-order valence-corrected chi connectivity index (χ3v) is 3.01. The molecule has 5 heteroatoms. The summed E-state index contributed by atoms with van der Waals surface area (Å²) in [6.45, 7) is 0.869. The number of halogens is 2. The lowest BCUT2D eigenvalue weighted by Crippen LogP contribution is -2.30. The lowest BCUT2D eigenvalue weighted by atomic mass is 10.0. The smallest absolute Gasteiger partial charge is 0.374 e. The Morgan fingerprint density at radius 1 is 1.53 bits per heavy atom. The number of benzene rings is 1. The van der Waals surface area contributed by atoms with Crippen molar-refractivity contribution >= 4 is 11.7 Å². The van der Waals surface area contributed by atoms with E-state index in [0.29, 0.717) is 5.56 Å². The van der Waals surface area contributed by atoms with Gasteiger partial charge in [-0.3, -0.25) is 0 Å². The molecule has 0 aromatic heterocycles. The highest BCUT2D eigenvalue weighted by Crippen LogP contribution is 2.29.